The first-order valence-electron chi connectivity index (χ1n) is 8.12. The number of nitrogens with one attached hydrogen (secondary N) is 1. The van der Waals surface area contributed by atoms with Crippen LogP contribution in [-0.4, -0.2) is 35.1 Å². The standard InChI is InChI=1S/C18H27NO4S/c1-5-6-10-24-13(2)17(22)19-18(3,12-16(20)21)14-8-7-9-15(11-14)23-4/h7-9,11,13H,5-6,10,12H2,1-4H3,(H,19,22)(H,20,21). The molecule has 0 aliphatic heterocycles. The number of hydrogen-bond donors (Lipinski definition) is 2. The molecule has 1 amide bonds. The van der Waals surface area contributed by atoms with Crippen molar-refractivity contribution in [2.24, 2.45) is 0 Å². The third-order valence-corrected chi connectivity index (χ3v) is 5.08. The van der Waals surface area contributed by atoms with E-state index in [4.69, 9.17) is 4.74 Å². The lowest BCUT2D eigenvalue weighted by atomic mass is 9.88. The second kappa shape index (κ2) is 9.57. The number of rotatable bonds is 10. The number of thioether (sulfide) groups is 1. The smallest absolute Gasteiger partial charge is 0.306 e. The number of carbonyl (C=O) groups is 2. The average molecular weight is 353 g/mol. The van der Waals surface area contributed by atoms with Crippen LogP contribution >= 0.6 is 11.8 Å². The summed E-state index contributed by atoms with van der Waals surface area (Å²) in [7, 11) is 1.55. The van der Waals surface area contributed by atoms with Crippen LogP contribution in [0.3, 0.4) is 0 Å². The van der Waals surface area contributed by atoms with Gasteiger partial charge in [0.25, 0.3) is 0 Å². The van der Waals surface area contributed by atoms with E-state index in [0.717, 1.165) is 18.6 Å². The van der Waals surface area contributed by atoms with Crippen LogP contribution in [0.1, 0.15) is 45.6 Å². The van der Waals surface area contributed by atoms with Gasteiger partial charge in [-0.2, -0.15) is 0 Å². The van der Waals surface area contributed by atoms with E-state index in [1.807, 2.05) is 6.92 Å². The number of hydrogen-bond acceptors (Lipinski definition) is 4. The van der Waals surface area contributed by atoms with Gasteiger partial charge in [-0.1, -0.05) is 25.5 Å². The Balaban J connectivity index is 2.94. The first-order valence-corrected chi connectivity index (χ1v) is 9.17. The number of unbranched alkanes of at least 4 members (excludes halogenated alkanes) is 1. The Morgan fingerprint density at radius 1 is 1.42 bits per heavy atom. The zero-order valence-corrected chi connectivity index (χ0v) is 15.6. The Morgan fingerprint density at radius 3 is 2.71 bits per heavy atom. The van der Waals surface area contributed by atoms with Gasteiger partial charge in [0.05, 0.1) is 24.3 Å². The zero-order chi connectivity index (χ0) is 18.2. The van der Waals surface area contributed by atoms with Crippen molar-refractivity contribution in [2.75, 3.05) is 12.9 Å². The summed E-state index contributed by atoms with van der Waals surface area (Å²) >= 11 is 1.59. The van der Waals surface area contributed by atoms with E-state index < -0.39 is 11.5 Å². The van der Waals surface area contributed by atoms with Crippen molar-refractivity contribution in [3.8, 4) is 5.75 Å². The summed E-state index contributed by atoms with van der Waals surface area (Å²) in [4.78, 5) is 23.8. The highest BCUT2D eigenvalue weighted by Crippen LogP contribution is 2.28. The summed E-state index contributed by atoms with van der Waals surface area (Å²) < 4.78 is 5.21. The molecule has 0 saturated heterocycles. The van der Waals surface area contributed by atoms with Crippen molar-refractivity contribution >= 4 is 23.6 Å². The lowest BCUT2D eigenvalue weighted by molar-refractivity contribution is -0.139. The van der Waals surface area contributed by atoms with Crippen molar-refractivity contribution in [2.45, 2.75) is 50.8 Å². The summed E-state index contributed by atoms with van der Waals surface area (Å²) in [5.41, 5.74) is -0.278. The second-order valence-corrected chi connectivity index (χ2v) is 7.44. The molecule has 0 aromatic heterocycles. The molecule has 1 aromatic rings. The van der Waals surface area contributed by atoms with Gasteiger partial charge in [0.2, 0.25) is 5.91 Å². The molecule has 0 aliphatic rings. The van der Waals surface area contributed by atoms with E-state index in [1.54, 1.807) is 50.1 Å². The molecule has 0 radical (unpaired) electrons. The van der Waals surface area contributed by atoms with E-state index >= 15 is 0 Å². The molecule has 134 valence electrons. The maximum atomic E-state index is 12.5. The Hall–Kier alpha value is -1.69. The van der Waals surface area contributed by atoms with Crippen LogP contribution in [0, 0.1) is 0 Å². The molecule has 0 fully saturated rings. The Morgan fingerprint density at radius 2 is 2.12 bits per heavy atom. The molecule has 24 heavy (non-hydrogen) atoms. The molecule has 1 rings (SSSR count). The minimum Gasteiger partial charge on any atom is -0.497 e. The van der Waals surface area contributed by atoms with Gasteiger partial charge in [-0.25, -0.2) is 0 Å². The minimum absolute atomic E-state index is 0.150. The number of amides is 1. The number of benzene rings is 1. The lowest BCUT2D eigenvalue weighted by Crippen LogP contribution is -2.47. The van der Waals surface area contributed by atoms with Crippen molar-refractivity contribution in [1.82, 2.24) is 5.32 Å². The normalized spacial score (nSPS) is 14.5. The van der Waals surface area contributed by atoms with Crippen molar-refractivity contribution in [3.05, 3.63) is 29.8 Å². The van der Waals surface area contributed by atoms with Gasteiger partial charge in [-0.05, 0) is 43.7 Å². The summed E-state index contributed by atoms with van der Waals surface area (Å²) in [5, 5.41) is 12.0. The first-order chi connectivity index (χ1) is 11.3. The van der Waals surface area contributed by atoms with Crippen LogP contribution in [0.4, 0.5) is 0 Å². The molecular weight excluding hydrogens is 326 g/mol. The minimum atomic E-state index is -0.989. The van der Waals surface area contributed by atoms with Gasteiger partial charge in [-0.15, -0.1) is 11.8 Å². The summed E-state index contributed by atoms with van der Waals surface area (Å²) in [6.07, 6.45) is 1.95. The van der Waals surface area contributed by atoms with Gasteiger partial charge in [0.1, 0.15) is 5.75 Å². The van der Waals surface area contributed by atoms with Crippen LogP contribution in [-0.2, 0) is 15.1 Å². The molecule has 0 aliphatic carbocycles. The number of carboxylic acid groups (broad SMARTS) is 1. The van der Waals surface area contributed by atoms with Gasteiger partial charge < -0.3 is 15.2 Å². The quantitative estimate of drug-likeness (QED) is 0.630. The first kappa shape index (κ1) is 20.4. The SMILES string of the molecule is CCCCSC(C)C(=O)NC(C)(CC(=O)O)c1cccc(OC)c1. The predicted octanol–water partition coefficient (Wildman–Crippen LogP) is 3.42. The maximum Gasteiger partial charge on any atom is 0.306 e. The molecule has 0 saturated carbocycles. The number of aliphatic carboxylic acids is 1. The van der Waals surface area contributed by atoms with Gasteiger partial charge >= 0.3 is 5.97 Å². The number of methoxy groups -OCH3 is 1. The average Bonchev–Trinajstić information content (AvgIpc) is 2.54. The molecule has 1 aromatic carbocycles. The van der Waals surface area contributed by atoms with Crippen LogP contribution in [0.2, 0.25) is 0 Å². The highest BCUT2D eigenvalue weighted by Gasteiger charge is 2.33. The van der Waals surface area contributed by atoms with Crippen LogP contribution in [0.25, 0.3) is 0 Å². The van der Waals surface area contributed by atoms with Crippen molar-refractivity contribution in [3.63, 3.8) is 0 Å². The number of carbonyl (C=O) groups excluding carboxylic acids is 1. The highest BCUT2D eigenvalue weighted by molar-refractivity contribution is 8.00. The van der Waals surface area contributed by atoms with E-state index in [2.05, 4.69) is 12.2 Å². The highest BCUT2D eigenvalue weighted by atomic mass is 32.2. The fourth-order valence-electron chi connectivity index (χ4n) is 2.34. The topological polar surface area (TPSA) is 75.6 Å². The van der Waals surface area contributed by atoms with E-state index in [-0.39, 0.29) is 17.6 Å². The predicted molar refractivity (Wildman–Crippen MR) is 97.6 cm³/mol. The molecule has 0 heterocycles. The molecule has 2 unspecified atom stereocenters. The summed E-state index contributed by atoms with van der Waals surface area (Å²) in [6, 6.07) is 7.15. The Labute approximate surface area is 148 Å². The van der Waals surface area contributed by atoms with Gasteiger partial charge in [-0.3, -0.25) is 9.59 Å². The van der Waals surface area contributed by atoms with Gasteiger partial charge in [0, 0.05) is 0 Å². The van der Waals surface area contributed by atoms with Crippen LogP contribution in [0.5, 0.6) is 5.75 Å². The number of carboxylic acids is 1. The molecule has 0 bridgehead atoms. The second-order valence-electron chi connectivity index (χ2n) is 5.99. The number of ether oxygens (including phenoxy) is 1. The molecule has 2 atom stereocenters. The molecular formula is C18H27NO4S. The fraction of sp³-hybridized carbons (Fsp3) is 0.556. The summed E-state index contributed by atoms with van der Waals surface area (Å²) in [5.74, 6) is 0.429. The van der Waals surface area contributed by atoms with Crippen LogP contribution < -0.4 is 10.1 Å². The van der Waals surface area contributed by atoms with Gasteiger partial charge in [0.15, 0.2) is 0 Å². The molecule has 6 heteroatoms. The van der Waals surface area contributed by atoms with Crippen molar-refractivity contribution in [1.29, 1.82) is 0 Å². The monoisotopic (exact) mass is 353 g/mol. The zero-order valence-electron chi connectivity index (χ0n) is 14.8. The fourth-order valence-corrected chi connectivity index (χ4v) is 3.36. The Bertz CT molecular complexity index is 564. The lowest BCUT2D eigenvalue weighted by Gasteiger charge is -2.31. The largest absolute Gasteiger partial charge is 0.497 e. The maximum absolute atomic E-state index is 12.5. The molecule has 0 spiro atoms. The van der Waals surface area contributed by atoms with E-state index in [1.165, 1.54) is 0 Å². The Kier molecular flexibility index (Phi) is 8.11. The summed E-state index contributed by atoms with van der Waals surface area (Å²) in [6.45, 7) is 5.69. The third-order valence-electron chi connectivity index (χ3n) is 3.85. The van der Waals surface area contributed by atoms with E-state index in [9.17, 15) is 14.7 Å². The molecule has 5 nitrogen and oxygen atoms in total. The molecule has 2 N–H and O–H groups in total. The van der Waals surface area contributed by atoms with Crippen LogP contribution in [0.15, 0.2) is 24.3 Å². The van der Waals surface area contributed by atoms with Crippen molar-refractivity contribution < 1.29 is 19.4 Å². The van der Waals surface area contributed by atoms with E-state index in [0.29, 0.717) is 11.3 Å². The third kappa shape index (κ3) is 6.07.